The van der Waals surface area contributed by atoms with Crippen molar-refractivity contribution in [3.05, 3.63) is 248 Å². The highest BCUT2D eigenvalue weighted by Gasteiger charge is 2.41. The number of methoxy groups -OCH3 is 1. The molecule has 6 aliphatic rings. The normalized spacial score (nSPS) is 17.5. The van der Waals surface area contributed by atoms with Crippen molar-refractivity contribution in [2.24, 2.45) is 0 Å². The Kier molecular flexibility index (Phi) is 18.9. The van der Waals surface area contributed by atoms with E-state index in [2.05, 4.69) is 292 Å². The molecule has 0 fully saturated rings. The lowest BCUT2D eigenvalue weighted by Gasteiger charge is -2.29. The zero-order valence-corrected chi connectivity index (χ0v) is 66.1. The van der Waals surface area contributed by atoms with Gasteiger partial charge in [-0.05, 0) is 269 Å². The van der Waals surface area contributed by atoms with Crippen molar-refractivity contribution in [1.29, 1.82) is 0 Å². The maximum Gasteiger partial charge on any atom is 0.161 e. The van der Waals surface area contributed by atoms with Gasteiger partial charge in [-0.1, -0.05) is 268 Å². The zero-order chi connectivity index (χ0) is 70.8. The third kappa shape index (κ3) is 13.6. The quantitative estimate of drug-likeness (QED) is 0.109. The average Bonchev–Trinajstić information content (AvgIpc) is 1.54. The smallest absolute Gasteiger partial charge is 0.161 e. The molecule has 6 aliphatic carbocycles. The Morgan fingerprint density at radius 2 is 0.837 bits per heavy atom. The van der Waals surface area contributed by atoms with Crippen molar-refractivity contribution < 1.29 is 4.74 Å². The lowest BCUT2D eigenvalue weighted by molar-refractivity contribution is 0.399. The molecule has 0 radical (unpaired) electrons. The predicted octanol–water partition coefficient (Wildman–Crippen LogP) is 27.0. The summed E-state index contributed by atoms with van der Waals surface area (Å²) < 4.78 is 5.97. The molecule has 0 spiro atoms. The Hall–Kier alpha value is -6.97. The molecule has 3 atom stereocenters. The number of fused-ring (bicyclic) bond motifs is 6. The topological polar surface area (TPSA) is 9.23 Å². The number of halogens is 1. The van der Waals surface area contributed by atoms with Crippen LogP contribution in [0.4, 0.5) is 0 Å². The van der Waals surface area contributed by atoms with Crippen molar-refractivity contribution in [2.45, 2.75) is 249 Å². The summed E-state index contributed by atoms with van der Waals surface area (Å²) >= 11 is 6.98. The van der Waals surface area contributed by atoms with E-state index in [1.165, 1.54) is 194 Å². The van der Waals surface area contributed by atoms with Gasteiger partial charge in [-0.2, -0.15) is 11.1 Å². The van der Waals surface area contributed by atoms with Crippen molar-refractivity contribution in [3.8, 4) is 50.3 Å². The maximum absolute atomic E-state index is 6.98. The van der Waals surface area contributed by atoms with Crippen LogP contribution in [0.2, 0.25) is 13.1 Å². The average molecular weight is 1330 g/mol. The molecule has 3 unspecified atom stereocenters. The molecular formula is C95H113ClOSi. The number of hydrogen-bond donors (Lipinski definition) is 0. The zero-order valence-electron chi connectivity index (χ0n) is 64.4. The van der Waals surface area contributed by atoms with Crippen molar-refractivity contribution in [1.82, 2.24) is 0 Å². The first kappa shape index (κ1) is 70.9. The van der Waals surface area contributed by atoms with Gasteiger partial charge in [-0.25, -0.2) is 0 Å². The summed E-state index contributed by atoms with van der Waals surface area (Å²) in [7, 11) is -0.0210. The largest absolute Gasteiger partial charge is 0.496 e. The lowest BCUT2D eigenvalue weighted by Crippen LogP contribution is -2.28. The van der Waals surface area contributed by atoms with Gasteiger partial charge in [0.25, 0.3) is 0 Å². The van der Waals surface area contributed by atoms with Gasteiger partial charge in [0.2, 0.25) is 0 Å². The maximum atomic E-state index is 6.98. The molecule has 0 heterocycles. The molecule has 1 nitrogen and oxygen atoms in total. The van der Waals surface area contributed by atoms with Gasteiger partial charge in [-0.3, -0.25) is 0 Å². The minimum Gasteiger partial charge on any atom is -0.496 e. The van der Waals surface area contributed by atoms with Crippen LogP contribution in [0.15, 0.2) is 131 Å². The highest BCUT2D eigenvalue weighted by molar-refractivity contribution is 7.20. The van der Waals surface area contributed by atoms with E-state index in [1.54, 1.807) is 34.9 Å². The molecule has 8 aromatic rings. The molecule has 0 saturated carbocycles. The molecule has 510 valence electrons. The molecule has 8 aromatic carbocycles. The summed E-state index contributed by atoms with van der Waals surface area (Å²) in [4.78, 5) is 0. The number of ether oxygens (including phenoxy) is 1. The second-order valence-corrected chi connectivity index (χ2v) is 42.0. The Balaban J connectivity index is 0.000000152. The van der Waals surface area contributed by atoms with Gasteiger partial charge in [0.05, 0.1) is 7.11 Å². The summed E-state index contributed by atoms with van der Waals surface area (Å²) in [5, 5.41) is 0. The fourth-order valence-corrected chi connectivity index (χ4v) is 21.2. The number of benzene rings is 8. The summed E-state index contributed by atoms with van der Waals surface area (Å²) in [6.07, 6.45) is 19.4. The molecule has 3 heteroatoms. The molecule has 0 saturated heterocycles. The van der Waals surface area contributed by atoms with Crippen molar-refractivity contribution >= 4 is 42.8 Å². The van der Waals surface area contributed by atoms with Gasteiger partial charge in [0, 0.05) is 28.5 Å². The van der Waals surface area contributed by atoms with E-state index < -0.39 is 7.38 Å². The summed E-state index contributed by atoms with van der Waals surface area (Å²) in [6, 6.07) is 42.8. The molecular weight excluding hydrogens is 1220 g/mol. The van der Waals surface area contributed by atoms with E-state index in [-0.39, 0.29) is 21.7 Å². The van der Waals surface area contributed by atoms with Crippen LogP contribution in [-0.2, 0) is 53.8 Å². The van der Waals surface area contributed by atoms with Gasteiger partial charge in [0.1, 0.15) is 5.75 Å². The Bertz CT molecular complexity index is 4580. The van der Waals surface area contributed by atoms with Gasteiger partial charge >= 0.3 is 0 Å². The van der Waals surface area contributed by atoms with Crippen LogP contribution in [0.25, 0.3) is 68.8 Å². The van der Waals surface area contributed by atoms with Gasteiger partial charge < -0.3 is 4.74 Å². The third-order valence-electron chi connectivity index (χ3n) is 22.7. The molecule has 0 aromatic heterocycles. The van der Waals surface area contributed by atoms with Crippen LogP contribution in [-0.4, -0.2) is 14.5 Å². The summed E-state index contributed by atoms with van der Waals surface area (Å²) in [6.45, 7) is 52.7. The van der Waals surface area contributed by atoms with E-state index in [0.29, 0.717) is 17.4 Å². The minimum absolute atomic E-state index is 0.0400. The summed E-state index contributed by atoms with van der Waals surface area (Å²) in [5.74, 6) is 1.89. The minimum atomic E-state index is -1.82. The highest BCUT2D eigenvalue weighted by Crippen LogP contribution is 2.56. The van der Waals surface area contributed by atoms with Crippen LogP contribution < -0.4 is 4.74 Å². The molecule has 0 amide bonds. The first-order chi connectivity index (χ1) is 45.9. The Morgan fingerprint density at radius 3 is 1.28 bits per heavy atom. The van der Waals surface area contributed by atoms with Crippen LogP contribution in [0.3, 0.4) is 0 Å². The number of rotatable bonds is 8. The van der Waals surface area contributed by atoms with Gasteiger partial charge in [0.15, 0.2) is 7.38 Å². The fourth-order valence-electron chi connectivity index (χ4n) is 18.2. The molecule has 98 heavy (non-hydrogen) atoms. The van der Waals surface area contributed by atoms with Crippen LogP contribution in [0.1, 0.15) is 264 Å². The number of aryl methyl sites for hydroxylation is 6. The Labute approximate surface area is 598 Å². The van der Waals surface area contributed by atoms with E-state index in [0.717, 1.165) is 18.6 Å². The molecule has 0 aliphatic heterocycles. The predicted molar refractivity (Wildman–Crippen MR) is 431 cm³/mol. The van der Waals surface area contributed by atoms with Gasteiger partial charge in [-0.15, -0.1) is 0 Å². The fraction of sp³-hybridized carbons (Fsp3) is 0.411. The molecule has 0 bridgehead atoms. The van der Waals surface area contributed by atoms with Crippen molar-refractivity contribution in [3.63, 3.8) is 0 Å². The van der Waals surface area contributed by atoms with E-state index >= 15 is 0 Å². The number of hydrogen-bond acceptors (Lipinski definition) is 1. The summed E-state index contributed by atoms with van der Waals surface area (Å²) in [5.41, 5.74) is 48.3. The van der Waals surface area contributed by atoms with E-state index in [9.17, 15) is 0 Å². The number of allylic oxidation sites excluding steroid dienone is 4. The first-order valence-electron chi connectivity index (χ1n) is 37.0. The SMILES string of the molecule is CC1=Cc2c(cc(C(C)(C)C)c(C)c2-c2cc(C)cc(C)c2)C1CC1C(C)=Cc2c1cc1c(c2-c2ccc(C(C)(C)C)cc2)CCC1.CC1=Cc2c(cc3c(c2-c2ccc(C(C)(C)C)cc2)CCC3)C1[Si](C)(C)Cl.COc1c(C(C)(C)C)cc2c(c1-c1cc(C)cc(C)c1)CC(C)=C2. The van der Waals surface area contributed by atoms with Crippen molar-refractivity contribution in [2.75, 3.05) is 7.11 Å². The lowest BCUT2D eigenvalue weighted by atomic mass is 9.75. The second kappa shape index (κ2) is 26.2. The monoisotopic (exact) mass is 1330 g/mol. The standard InChI is InChI=1S/C47H54.C25H31ClSi.C23H28O/c1-27-19-28(2)21-34(20-27)44-31(5)43(47(9,10)11)26-40-38(29(3)22-41(40)44)25-37-30(4)23-42-39(37)24-33-13-12-14-36(33)45(42)32-15-17-35(18-16-32)46(6,7)8;1-16-14-21-22(24(16)27(5,6)26)15-18-8-7-9-20(18)23(21)17-10-12-19(13-11-17)25(2,3)4;1-14-8-15(2)11-18(10-14)21-19-12-16(3)9-17(19)13-20(22(21)24-7)23(4,5)6/h15-24,26,37-38H,12-14,25H2,1-11H3;10-15,24H,7-9H2,1-6H3;8-11,13H,12H2,1-7H3. The van der Waals surface area contributed by atoms with E-state index in [1.807, 2.05) is 0 Å². The first-order valence-corrected chi connectivity index (χ1v) is 41.1. The van der Waals surface area contributed by atoms with Crippen LogP contribution in [0.5, 0.6) is 5.75 Å². The second-order valence-electron chi connectivity index (χ2n) is 35.4. The third-order valence-corrected chi connectivity index (χ3v) is 25.5. The van der Waals surface area contributed by atoms with Crippen LogP contribution >= 0.6 is 11.1 Å². The van der Waals surface area contributed by atoms with E-state index in [4.69, 9.17) is 15.8 Å². The molecule has 14 rings (SSSR count). The van der Waals surface area contributed by atoms with Crippen LogP contribution in [0, 0.1) is 34.6 Å². The highest BCUT2D eigenvalue weighted by atomic mass is 35.6. The molecule has 0 N–H and O–H groups in total. The Morgan fingerprint density at radius 1 is 0.418 bits per heavy atom.